The first-order valence-electron chi connectivity index (χ1n) is 5.21. The molecular formula is C11H14N2O3. The highest BCUT2D eigenvalue weighted by Crippen LogP contribution is 2.15. The summed E-state index contributed by atoms with van der Waals surface area (Å²) in [4.78, 5) is 14.9. The summed E-state index contributed by atoms with van der Waals surface area (Å²) in [5.74, 6) is -0.277. The number of nitrogens with zero attached hydrogens (tertiary/aromatic N) is 1. The number of carboxylic acids is 1. The van der Waals surface area contributed by atoms with Crippen molar-refractivity contribution in [2.24, 2.45) is 0 Å². The van der Waals surface area contributed by atoms with Crippen molar-refractivity contribution < 1.29 is 14.6 Å². The Morgan fingerprint density at radius 3 is 3.06 bits per heavy atom. The quantitative estimate of drug-likeness (QED) is 0.783. The van der Waals surface area contributed by atoms with Crippen LogP contribution in [0.4, 0.5) is 0 Å². The molecule has 5 nitrogen and oxygen atoms in total. The molecule has 1 aromatic heterocycles. The Hall–Kier alpha value is -1.62. The zero-order valence-electron chi connectivity index (χ0n) is 9.01. The molecule has 2 heterocycles. The second-order valence-electron chi connectivity index (χ2n) is 3.89. The molecule has 1 fully saturated rings. The molecule has 0 spiro atoms. The van der Waals surface area contributed by atoms with E-state index in [1.807, 2.05) is 19.1 Å². The van der Waals surface area contributed by atoms with E-state index in [0.717, 1.165) is 5.69 Å². The summed E-state index contributed by atoms with van der Waals surface area (Å²) in [7, 11) is 0. The molecule has 0 saturated carbocycles. The van der Waals surface area contributed by atoms with Crippen molar-refractivity contribution in [1.82, 2.24) is 10.3 Å². The fourth-order valence-electron chi connectivity index (χ4n) is 1.74. The third kappa shape index (κ3) is 2.49. The topological polar surface area (TPSA) is 71.5 Å². The monoisotopic (exact) mass is 222 g/mol. The lowest BCUT2D eigenvalue weighted by molar-refractivity contribution is -0.139. The largest absolute Gasteiger partial charge is 0.480 e. The molecule has 2 unspecified atom stereocenters. The van der Waals surface area contributed by atoms with Crippen molar-refractivity contribution in [2.45, 2.75) is 25.5 Å². The molecule has 0 radical (unpaired) electrons. The van der Waals surface area contributed by atoms with Crippen molar-refractivity contribution in [3.05, 3.63) is 23.9 Å². The molecule has 2 N–H and O–H groups in total. The third-order valence-corrected chi connectivity index (χ3v) is 2.54. The van der Waals surface area contributed by atoms with Crippen LogP contribution in [0.5, 0.6) is 5.88 Å². The Balaban J connectivity index is 1.94. The van der Waals surface area contributed by atoms with Crippen LogP contribution in [0.1, 0.15) is 12.1 Å². The van der Waals surface area contributed by atoms with E-state index in [4.69, 9.17) is 9.84 Å². The molecular weight excluding hydrogens is 208 g/mol. The Bertz CT molecular complexity index is 395. The van der Waals surface area contributed by atoms with Gasteiger partial charge in [0, 0.05) is 24.7 Å². The van der Waals surface area contributed by atoms with Crippen molar-refractivity contribution in [2.75, 3.05) is 6.54 Å². The molecule has 86 valence electrons. The molecule has 2 rings (SSSR count). The van der Waals surface area contributed by atoms with E-state index in [2.05, 4.69) is 10.3 Å². The van der Waals surface area contributed by atoms with Gasteiger partial charge >= 0.3 is 5.97 Å². The number of rotatable bonds is 3. The van der Waals surface area contributed by atoms with Gasteiger partial charge in [-0.3, -0.25) is 4.79 Å². The molecule has 2 atom stereocenters. The van der Waals surface area contributed by atoms with Crippen LogP contribution in [-0.2, 0) is 4.79 Å². The molecule has 1 saturated heterocycles. The molecule has 5 heteroatoms. The number of hydrogen-bond acceptors (Lipinski definition) is 4. The summed E-state index contributed by atoms with van der Waals surface area (Å²) in [5, 5.41) is 11.7. The maximum atomic E-state index is 10.7. The van der Waals surface area contributed by atoms with Crippen LogP contribution >= 0.6 is 0 Å². The zero-order valence-corrected chi connectivity index (χ0v) is 9.01. The van der Waals surface area contributed by atoms with E-state index >= 15 is 0 Å². The summed E-state index contributed by atoms with van der Waals surface area (Å²) >= 11 is 0. The minimum Gasteiger partial charge on any atom is -0.480 e. The second kappa shape index (κ2) is 4.49. The number of nitrogens with one attached hydrogen (secondary N) is 1. The van der Waals surface area contributed by atoms with Crippen molar-refractivity contribution in [3.8, 4) is 5.88 Å². The number of aromatic nitrogens is 1. The van der Waals surface area contributed by atoms with Gasteiger partial charge in [0.25, 0.3) is 0 Å². The molecule has 0 aliphatic carbocycles. The van der Waals surface area contributed by atoms with E-state index in [-0.39, 0.29) is 6.10 Å². The van der Waals surface area contributed by atoms with Gasteiger partial charge in [0.15, 0.2) is 0 Å². The molecule has 0 aromatic carbocycles. The number of carbonyl (C=O) groups is 1. The summed E-state index contributed by atoms with van der Waals surface area (Å²) in [6.45, 7) is 2.44. The SMILES string of the molecule is Cc1cccc(OC2CNC(C(=O)O)C2)n1. The summed E-state index contributed by atoms with van der Waals surface area (Å²) in [6, 6.07) is 5.03. The first-order valence-corrected chi connectivity index (χ1v) is 5.21. The fourth-order valence-corrected chi connectivity index (χ4v) is 1.74. The van der Waals surface area contributed by atoms with Gasteiger partial charge in [0.1, 0.15) is 12.1 Å². The lowest BCUT2D eigenvalue weighted by Gasteiger charge is -2.11. The molecule has 16 heavy (non-hydrogen) atoms. The van der Waals surface area contributed by atoms with Crippen molar-refractivity contribution in [1.29, 1.82) is 0 Å². The third-order valence-electron chi connectivity index (χ3n) is 2.54. The van der Waals surface area contributed by atoms with Crippen LogP contribution in [-0.4, -0.2) is 34.8 Å². The maximum absolute atomic E-state index is 10.7. The van der Waals surface area contributed by atoms with E-state index < -0.39 is 12.0 Å². The van der Waals surface area contributed by atoms with E-state index in [9.17, 15) is 4.79 Å². The van der Waals surface area contributed by atoms with Crippen molar-refractivity contribution >= 4 is 5.97 Å². The van der Waals surface area contributed by atoms with Gasteiger partial charge in [0.05, 0.1) is 0 Å². The lowest BCUT2D eigenvalue weighted by Crippen LogP contribution is -2.30. The van der Waals surface area contributed by atoms with Crippen LogP contribution in [0.2, 0.25) is 0 Å². The highest BCUT2D eigenvalue weighted by atomic mass is 16.5. The van der Waals surface area contributed by atoms with Crippen LogP contribution in [0.3, 0.4) is 0 Å². The van der Waals surface area contributed by atoms with Gasteiger partial charge in [-0.05, 0) is 13.0 Å². The zero-order chi connectivity index (χ0) is 11.5. The average Bonchev–Trinajstić information content (AvgIpc) is 2.66. The smallest absolute Gasteiger partial charge is 0.320 e. The maximum Gasteiger partial charge on any atom is 0.320 e. The average molecular weight is 222 g/mol. The number of carboxylic acid groups (broad SMARTS) is 1. The summed E-state index contributed by atoms with van der Waals surface area (Å²) < 4.78 is 5.60. The normalized spacial score (nSPS) is 24.3. The lowest BCUT2D eigenvalue weighted by atomic mass is 10.2. The first kappa shape index (κ1) is 10.9. The molecule has 1 aromatic rings. The molecule has 0 amide bonds. The Labute approximate surface area is 93.5 Å². The summed E-state index contributed by atoms with van der Waals surface area (Å²) in [6.07, 6.45) is 0.362. The number of ether oxygens (including phenoxy) is 1. The van der Waals surface area contributed by atoms with Gasteiger partial charge in [-0.25, -0.2) is 4.98 Å². The highest BCUT2D eigenvalue weighted by molar-refractivity contribution is 5.73. The second-order valence-corrected chi connectivity index (χ2v) is 3.89. The van der Waals surface area contributed by atoms with Gasteiger partial charge in [-0.1, -0.05) is 6.07 Å². The predicted molar refractivity (Wildman–Crippen MR) is 57.4 cm³/mol. The minimum absolute atomic E-state index is 0.115. The number of hydrogen-bond donors (Lipinski definition) is 2. The number of pyridine rings is 1. The van der Waals surface area contributed by atoms with Crippen molar-refractivity contribution in [3.63, 3.8) is 0 Å². The van der Waals surface area contributed by atoms with Crippen LogP contribution in [0.25, 0.3) is 0 Å². The number of aryl methyl sites for hydroxylation is 1. The standard InChI is InChI=1S/C11H14N2O3/c1-7-3-2-4-10(13-7)16-8-5-9(11(14)15)12-6-8/h2-4,8-9,12H,5-6H2,1H3,(H,14,15). The fraction of sp³-hybridized carbons (Fsp3) is 0.455. The van der Waals surface area contributed by atoms with Gasteiger partial charge in [0.2, 0.25) is 5.88 Å². The molecule has 1 aliphatic rings. The Kier molecular flexibility index (Phi) is 3.05. The van der Waals surface area contributed by atoms with Gasteiger partial charge in [-0.15, -0.1) is 0 Å². The molecule has 0 bridgehead atoms. The van der Waals surface area contributed by atoms with Gasteiger partial charge in [-0.2, -0.15) is 0 Å². The van der Waals surface area contributed by atoms with E-state index in [0.29, 0.717) is 18.8 Å². The van der Waals surface area contributed by atoms with Crippen LogP contribution in [0.15, 0.2) is 18.2 Å². The minimum atomic E-state index is -0.830. The predicted octanol–water partition coefficient (Wildman–Crippen LogP) is 0.584. The van der Waals surface area contributed by atoms with E-state index in [1.54, 1.807) is 6.07 Å². The van der Waals surface area contributed by atoms with Crippen LogP contribution in [0, 0.1) is 6.92 Å². The number of aliphatic carboxylic acids is 1. The first-order chi connectivity index (χ1) is 7.65. The molecule has 1 aliphatic heterocycles. The Morgan fingerprint density at radius 1 is 1.62 bits per heavy atom. The van der Waals surface area contributed by atoms with E-state index in [1.165, 1.54) is 0 Å². The Morgan fingerprint density at radius 2 is 2.44 bits per heavy atom. The van der Waals surface area contributed by atoms with Crippen LogP contribution < -0.4 is 10.1 Å². The highest BCUT2D eigenvalue weighted by Gasteiger charge is 2.30. The van der Waals surface area contributed by atoms with Gasteiger partial charge < -0.3 is 15.2 Å². The summed E-state index contributed by atoms with van der Waals surface area (Å²) in [5.41, 5.74) is 0.887.